The molecule has 0 aromatic heterocycles. The van der Waals surface area contributed by atoms with Gasteiger partial charge in [-0.3, -0.25) is 4.79 Å². The van der Waals surface area contributed by atoms with Gasteiger partial charge in [-0.2, -0.15) is 0 Å². The minimum absolute atomic E-state index is 0.0599. The Bertz CT molecular complexity index is 540. The van der Waals surface area contributed by atoms with Crippen molar-refractivity contribution in [2.24, 2.45) is 5.92 Å². The van der Waals surface area contributed by atoms with Crippen LogP contribution in [0, 0.1) is 24.5 Å². The van der Waals surface area contributed by atoms with Gasteiger partial charge in [0.2, 0.25) is 5.91 Å². The molecule has 19 heavy (non-hydrogen) atoms. The highest BCUT2D eigenvalue weighted by molar-refractivity contribution is 5.94. The van der Waals surface area contributed by atoms with Gasteiger partial charge in [0, 0.05) is 11.1 Å². The molecule has 2 N–H and O–H groups in total. The van der Waals surface area contributed by atoms with E-state index in [4.69, 9.17) is 0 Å². The Labute approximate surface area is 110 Å². The molecule has 1 amide bonds. The lowest BCUT2D eigenvalue weighted by Gasteiger charge is -2.18. The Morgan fingerprint density at radius 3 is 2.84 bits per heavy atom. The molecule has 1 atom stereocenters. The predicted molar refractivity (Wildman–Crippen MR) is 67.8 cm³/mol. The fraction of sp³-hybridized carbons (Fsp3) is 0.500. The Morgan fingerprint density at radius 1 is 1.42 bits per heavy atom. The zero-order valence-corrected chi connectivity index (χ0v) is 10.7. The number of rotatable bonds is 2. The van der Waals surface area contributed by atoms with Crippen molar-refractivity contribution in [3.63, 3.8) is 0 Å². The first-order chi connectivity index (χ1) is 9.03. The van der Waals surface area contributed by atoms with E-state index in [2.05, 4.69) is 10.6 Å². The summed E-state index contributed by atoms with van der Waals surface area (Å²) in [5.41, 5.74) is -0.0644. The van der Waals surface area contributed by atoms with E-state index in [1.165, 1.54) is 19.1 Å². The van der Waals surface area contributed by atoms with Gasteiger partial charge in [-0.1, -0.05) is 0 Å². The average molecular weight is 266 g/mol. The molecule has 1 saturated carbocycles. The lowest BCUT2D eigenvalue weighted by molar-refractivity contribution is -0.120. The molecule has 0 bridgehead atoms. The summed E-state index contributed by atoms with van der Waals surface area (Å²) in [6, 6.07) is 2.45. The molecule has 1 saturated heterocycles. The Hall–Kier alpha value is -1.49. The van der Waals surface area contributed by atoms with Gasteiger partial charge < -0.3 is 10.6 Å². The van der Waals surface area contributed by atoms with Gasteiger partial charge in [-0.25, -0.2) is 8.78 Å². The van der Waals surface area contributed by atoms with Crippen molar-refractivity contribution < 1.29 is 13.6 Å². The van der Waals surface area contributed by atoms with Crippen LogP contribution in [0.4, 0.5) is 14.5 Å². The molecule has 2 fully saturated rings. The maximum atomic E-state index is 13.8. The summed E-state index contributed by atoms with van der Waals surface area (Å²) in [5, 5.41) is 5.94. The van der Waals surface area contributed by atoms with E-state index in [1.54, 1.807) is 0 Å². The highest BCUT2D eigenvalue weighted by atomic mass is 19.1. The van der Waals surface area contributed by atoms with E-state index in [-0.39, 0.29) is 28.6 Å². The molecule has 3 nitrogen and oxygen atoms in total. The molecule has 0 unspecified atom stereocenters. The second-order valence-corrected chi connectivity index (χ2v) is 5.45. The highest BCUT2D eigenvalue weighted by Crippen LogP contribution is 2.47. The van der Waals surface area contributed by atoms with Crippen LogP contribution >= 0.6 is 0 Å². The fourth-order valence-electron chi connectivity index (χ4n) is 2.88. The second kappa shape index (κ2) is 4.27. The molecule has 1 aromatic rings. The summed E-state index contributed by atoms with van der Waals surface area (Å²) in [7, 11) is 0. The monoisotopic (exact) mass is 266 g/mol. The third kappa shape index (κ3) is 2.02. The molecule has 1 aromatic carbocycles. The van der Waals surface area contributed by atoms with Gasteiger partial charge in [-0.05, 0) is 44.9 Å². The van der Waals surface area contributed by atoms with E-state index in [9.17, 15) is 13.6 Å². The van der Waals surface area contributed by atoms with Crippen LogP contribution in [-0.2, 0) is 4.79 Å². The fourth-order valence-corrected chi connectivity index (χ4v) is 2.88. The van der Waals surface area contributed by atoms with Gasteiger partial charge in [0.1, 0.15) is 5.82 Å². The van der Waals surface area contributed by atoms with Gasteiger partial charge >= 0.3 is 0 Å². The van der Waals surface area contributed by atoms with Gasteiger partial charge in [-0.15, -0.1) is 0 Å². The average Bonchev–Trinajstić information content (AvgIpc) is 3.02. The number of anilines is 1. The predicted octanol–water partition coefficient (Wildman–Crippen LogP) is 2.35. The van der Waals surface area contributed by atoms with Crippen LogP contribution in [0.25, 0.3) is 0 Å². The summed E-state index contributed by atoms with van der Waals surface area (Å²) < 4.78 is 27.0. The molecule has 2 aliphatic rings. The molecule has 0 radical (unpaired) electrons. The maximum absolute atomic E-state index is 13.8. The maximum Gasteiger partial charge on any atom is 0.229 e. The second-order valence-electron chi connectivity index (χ2n) is 5.45. The molecular formula is C14H16F2N2O. The van der Waals surface area contributed by atoms with Crippen LogP contribution in [-0.4, -0.2) is 18.0 Å². The largest absolute Gasteiger partial charge is 0.323 e. The number of halogens is 2. The van der Waals surface area contributed by atoms with Crippen molar-refractivity contribution >= 4 is 11.6 Å². The van der Waals surface area contributed by atoms with E-state index in [1.807, 2.05) is 0 Å². The van der Waals surface area contributed by atoms with Crippen molar-refractivity contribution in [1.29, 1.82) is 0 Å². The van der Waals surface area contributed by atoms with Gasteiger partial charge in [0.15, 0.2) is 5.82 Å². The number of amides is 1. The Morgan fingerprint density at radius 2 is 2.16 bits per heavy atom. The van der Waals surface area contributed by atoms with Crippen LogP contribution in [0.3, 0.4) is 0 Å². The van der Waals surface area contributed by atoms with E-state index in [0.29, 0.717) is 0 Å². The summed E-state index contributed by atoms with van der Waals surface area (Å²) >= 11 is 0. The topological polar surface area (TPSA) is 41.1 Å². The minimum atomic E-state index is -0.691. The summed E-state index contributed by atoms with van der Waals surface area (Å²) in [6.07, 6.45) is 2.76. The standard InChI is InChI=1S/C14H16F2N2O/c1-8-10(15)2-3-11(12(8)16)18-13(19)9-4-7-17-14(9)5-6-14/h2-3,9,17H,4-7H2,1H3,(H,18,19)/t9-/m1/s1. The lowest BCUT2D eigenvalue weighted by atomic mass is 9.97. The molecule has 1 aliphatic heterocycles. The quantitative estimate of drug-likeness (QED) is 0.862. The summed E-state index contributed by atoms with van der Waals surface area (Å²) in [5.74, 6) is -1.58. The molecule has 1 spiro atoms. The first-order valence-electron chi connectivity index (χ1n) is 6.54. The number of hydrogen-bond acceptors (Lipinski definition) is 2. The van der Waals surface area contributed by atoms with Crippen LogP contribution in [0.15, 0.2) is 12.1 Å². The molecule has 1 heterocycles. The third-order valence-electron chi connectivity index (χ3n) is 4.26. The summed E-state index contributed by atoms with van der Waals surface area (Å²) in [4.78, 5) is 12.2. The normalized spacial score (nSPS) is 23.6. The van der Waals surface area contributed by atoms with Crippen molar-refractivity contribution in [3.8, 4) is 0 Å². The van der Waals surface area contributed by atoms with E-state index in [0.717, 1.165) is 25.8 Å². The number of carbonyl (C=O) groups excluding carboxylic acids is 1. The minimum Gasteiger partial charge on any atom is -0.323 e. The van der Waals surface area contributed by atoms with Crippen LogP contribution in [0.1, 0.15) is 24.8 Å². The zero-order chi connectivity index (χ0) is 13.6. The number of carbonyl (C=O) groups is 1. The smallest absolute Gasteiger partial charge is 0.229 e. The van der Waals surface area contributed by atoms with Crippen LogP contribution < -0.4 is 10.6 Å². The Balaban J connectivity index is 1.78. The first kappa shape index (κ1) is 12.5. The van der Waals surface area contributed by atoms with Crippen molar-refractivity contribution in [1.82, 2.24) is 5.32 Å². The molecule has 102 valence electrons. The summed E-state index contributed by atoms with van der Waals surface area (Å²) in [6.45, 7) is 2.18. The SMILES string of the molecule is Cc1c(F)ccc(NC(=O)[C@H]2CCNC23CC3)c1F. The van der Waals surface area contributed by atoms with Crippen molar-refractivity contribution in [3.05, 3.63) is 29.3 Å². The third-order valence-corrected chi connectivity index (χ3v) is 4.26. The Kier molecular flexibility index (Phi) is 2.82. The van der Waals surface area contributed by atoms with Crippen LogP contribution in [0.2, 0.25) is 0 Å². The first-order valence-corrected chi connectivity index (χ1v) is 6.54. The molecule has 1 aliphatic carbocycles. The molecule has 5 heteroatoms. The van der Waals surface area contributed by atoms with Crippen molar-refractivity contribution in [2.75, 3.05) is 11.9 Å². The lowest BCUT2D eigenvalue weighted by Crippen LogP contribution is -2.36. The number of nitrogens with one attached hydrogen (secondary N) is 2. The van der Waals surface area contributed by atoms with Crippen LogP contribution in [0.5, 0.6) is 0 Å². The molecule has 3 rings (SSSR count). The van der Waals surface area contributed by atoms with E-state index < -0.39 is 11.6 Å². The van der Waals surface area contributed by atoms with Crippen molar-refractivity contribution in [2.45, 2.75) is 31.7 Å². The molecular weight excluding hydrogens is 250 g/mol. The number of hydrogen-bond donors (Lipinski definition) is 2. The van der Waals surface area contributed by atoms with Gasteiger partial charge in [0.05, 0.1) is 11.6 Å². The van der Waals surface area contributed by atoms with Gasteiger partial charge in [0.25, 0.3) is 0 Å². The zero-order valence-electron chi connectivity index (χ0n) is 10.7. The number of benzene rings is 1. The van der Waals surface area contributed by atoms with E-state index >= 15 is 0 Å². The highest BCUT2D eigenvalue weighted by Gasteiger charge is 2.54.